The number of nitrogens with one attached hydrogen (secondary N) is 1. The van der Waals surface area contributed by atoms with E-state index in [2.05, 4.69) is 16.6 Å². The van der Waals surface area contributed by atoms with Gasteiger partial charge in [0.15, 0.2) is 0 Å². The molecule has 114 valence electrons. The molecule has 0 spiro atoms. The van der Waals surface area contributed by atoms with Gasteiger partial charge in [-0.25, -0.2) is 5.43 Å². The summed E-state index contributed by atoms with van der Waals surface area (Å²) in [5.41, 5.74) is 5.05. The molecule has 4 rings (SSSR count). The minimum atomic E-state index is -0.195. The molecule has 1 amide bonds. The normalized spacial score (nSPS) is 25.3. The molecule has 2 aliphatic carbocycles. The van der Waals surface area contributed by atoms with Gasteiger partial charge in [0.2, 0.25) is 0 Å². The van der Waals surface area contributed by atoms with Crippen molar-refractivity contribution in [2.75, 3.05) is 0 Å². The summed E-state index contributed by atoms with van der Waals surface area (Å²) in [5.74, 6) is 1.18. The molecule has 2 bridgehead atoms. The number of thiophene rings is 1. The second-order valence-corrected chi connectivity index (χ2v) is 7.80. The van der Waals surface area contributed by atoms with Crippen molar-refractivity contribution in [2.45, 2.75) is 32.6 Å². The number of hydrogen-bond donors (Lipinski definition) is 1. The maximum Gasteiger partial charge on any atom is 0.283 e. The van der Waals surface area contributed by atoms with Gasteiger partial charge in [0, 0.05) is 15.8 Å². The number of benzene rings is 1. The van der Waals surface area contributed by atoms with Gasteiger partial charge in [0.1, 0.15) is 4.88 Å². The fourth-order valence-electron chi connectivity index (χ4n) is 3.65. The summed E-state index contributed by atoms with van der Waals surface area (Å²) in [5, 5.41) is 5.85. The summed E-state index contributed by atoms with van der Waals surface area (Å²) < 4.78 is 1.04. The first kappa shape index (κ1) is 14.2. The van der Waals surface area contributed by atoms with E-state index in [-0.39, 0.29) is 5.91 Å². The van der Waals surface area contributed by atoms with Crippen LogP contribution in [0.2, 0.25) is 5.02 Å². The van der Waals surface area contributed by atoms with Crippen molar-refractivity contribution in [1.82, 2.24) is 5.43 Å². The predicted octanol–water partition coefficient (Wildman–Crippen LogP) is 4.77. The second kappa shape index (κ2) is 5.36. The number of hydrazone groups is 1. The summed E-state index contributed by atoms with van der Waals surface area (Å²) in [6.07, 6.45) is 4.84. The number of halogens is 1. The number of aryl methyl sites for hydroxylation is 1. The predicted molar refractivity (Wildman–Crippen MR) is 91.9 cm³/mol. The van der Waals surface area contributed by atoms with Gasteiger partial charge in [0.05, 0.1) is 5.02 Å². The Labute approximate surface area is 138 Å². The number of nitrogens with zero attached hydrogens (tertiary/aromatic N) is 1. The van der Waals surface area contributed by atoms with Crippen LogP contribution in [-0.2, 0) is 0 Å². The molecule has 0 saturated heterocycles. The van der Waals surface area contributed by atoms with Gasteiger partial charge in [-0.2, -0.15) is 5.10 Å². The van der Waals surface area contributed by atoms with Gasteiger partial charge in [-0.15, -0.1) is 11.3 Å². The standard InChI is InChI=1S/C17H17ClN2OS/c1-9-2-5-12-14(6-9)22-16(15(12)18)17(21)20-19-13-8-10-3-4-11(13)7-10/h2,5-6,10-11H,3-4,7-8H2,1H3,(H,20,21). The minimum Gasteiger partial charge on any atom is -0.266 e. The van der Waals surface area contributed by atoms with Crippen LogP contribution in [-0.4, -0.2) is 11.6 Å². The molecular formula is C17H17ClN2OS. The summed E-state index contributed by atoms with van der Waals surface area (Å²) in [6.45, 7) is 2.04. The zero-order valence-corrected chi connectivity index (χ0v) is 13.9. The van der Waals surface area contributed by atoms with Gasteiger partial charge in [-0.05, 0) is 56.1 Å². The lowest BCUT2D eigenvalue weighted by Crippen LogP contribution is -2.21. The van der Waals surface area contributed by atoms with Crippen LogP contribution in [0.4, 0.5) is 0 Å². The van der Waals surface area contributed by atoms with Crippen LogP contribution in [0.25, 0.3) is 10.1 Å². The van der Waals surface area contributed by atoms with Crippen LogP contribution in [0, 0.1) is 18.8 Å². The van der Waals surface area contributed by atoms with E-state index in [1.807, 2.05) is 19.1 Å². The first-order valence-electron chi connectivity index (χ1n) is 7.67. The average molecular weight is 333 g/mol. The third-order valence-electron chi connectivity index (χ3n) is 4.80. The maximum atomic E-state index is 12.4. The number of hydrogen-bond acceptors (Lipinski definition) is 3. The highest BCUT2D eigenvalue weighted by Gasteiger charge is 2.36. The Balaban J connectivity index is 1.58. The van der Waals surface area contributed by atoms with Crippen LogP contribution in [0.3, 0.4) is 0 Å². The van der Waals surface area contributed by atoms with Crippen molar-refractivity contribution in [3.63, 3.8) is 0 Å². The summed E-state index contributed by atoms with van der Waals surface area (Å²) in [4.78, 5) is 12.9. The highest BCUT2D eigenvalue weighted by atomic mass is 35.5. The minimum absolute atomic E-state index is 0.195. The smallest absolute Gasteiger partial charge is 0.266 e. The van der Waals surface area contributed by atoms with Crippen LogP contribution in [0.15, 0.2) is 23.3 Å². The third kappa shape index (κ3) is 2.34. The second-order valence-electron chi connectivity index (χ2n) is 6.37. The molecule has 2 atom stereocenters. The summed E-state index contributed by atoms with van der Waals surface area (Å²) >= 11 is 7.79. The highest BCUT2D eigenvalue weighted by molar-refractivity contribution is 7.21. The summed E-state index contributed by atoms with van der Waals surface area (Å²) in [6, 6.07) is 6.05. The number of carbonyl (C=O) groups excluding carboxylic acids is 1. The summed E-state index contributed by atoms with van der Waals surface area (Å²) in [7, 11) is 0. The molecular weight excluding hydrogens is 316 g/mol. The number of amides is 1. The molecule has 3 nitrogen and oxygen atoms in total. The van der Waals surface area contributed by atoms with E-state index in [0.29, 0.717) is 15.8 Å². The van der Waals surface area contributed by atoms with Crippen molar-refractivity contribution in [3.05, 3.63) is 33.7 Å². The van der Waals surface area contributed by atoms with Crippen molar-refractivity contribution in [1.29, 1.82) is 0 Å². The molecule has 2 aromatic rings. The monoisotopic (exact) mass is 332 g/mol. The first-order valence-corrected chi connectivity index (χ1v) is 8.86. The zero-order valence-electron chi connectivity index (χ0n) is 12.4. The van der Waals surface area contributed by atoms with Crippen LogP contribution in [0.5, 0.6) is 0 Å². The molecule has 5 heteroatoms. The molecule has 1 aromatic heterocycles. The van der Waals surface area contributed by atoms with E-state index in [9.17, 15) is 4.79 Å². The molecule has 1 aromatic carbocycles. The lowest BCUT2D eigenvalue weighted by molar-refractivity contribution is 0.0958. The number of fused-ring (bicyclic) bond motifs is 3. The molecule has 1 heterocycles. The van der Waals surface area contributed by atoms with Gasteiger partial charge >= 0.3 is 0 Å². The molecule has 1 N–H and O–H groups in total. The third-order valence-corrected chi connectivity index (χ3v) is 6.46. The lowest BCUT2D eigenvalue weighted by atomic mass is 9.99. The van der Waals surface area contributed by atoms with Crippen LogP contribution in [0.1, 0.15) is 40.9 Å². The van der Waals surface area contributed by atoms with Crippen molar-refractivity contribution >= 4 is 44.6 Å². The van der Waals surface area contributed by atoms with Gasteiger partial charge < -0.3 is 0 Å². The molecule has 2 saturated carbocycles. The number of rotatable bonds is 2. The van der Waals surface area contributed by atoms with Crippen LogP contribution >= 0.6 is 22.9 Å². The Bertz CT molecular complexity index is 795. The molecule has 2 unspecified atom stereocenters. The van der Waals surface area contributed by atoms with Crippen LogP contribution < -0.4 is 5.43 Å². The van der Waals surface area contributed by atoms with Gasteiger partial charge in [-0.3, -0.25) is 4.79 Å². The van der Waals surface area contributed by atoms with E-state index in [4.69, 9.17) is 11.6 Å². The Kier molecular flexibility index (Phi) is 3.46. The SMILES string of the molecule is Cc1ccc2c(Cl)c(C(=O)NN=C3CC4CCC3C4)sc2c1. The molecule has 0 aliphatic heterocycles. The van der Waals surface area contributed by atoms with Crippen molar-refractivity contribution < 1.29 is 4.79 Å². The van der Waals surface area contributed by atoms with Gasteiger partial charge in [-0.1, -0.05) is 23.7 Å². The van der Waals surface area contributed by atoms with E-state index in [1.165, 1.54) is 36.2 Å². The van der Waals surface area contributed by atoms with E-state index >= 15 is 0 Å². The van der Waals surface area contributed by atoms with E-state index < -0.39 is 0 Å². The fourth-order valence-corrected chi connectivity index (χ4v) is 5.16. The Hall–Kier alpha value is -1.39. The molecule has 0 radical (unpaired) electrons. The Morgan fingerprint density at radius 3 is 3.00 bits per heavy atom. The average Bonchev–Trinajstić information content (AvgIpc) is 3.19. The highest BCUT2D eigenvalue weighted by Crippen LogP contribution is 2.42. The molecule has 2 fully saturated rings. The largest absolute Gasteiger partial charge is 0.283 e. The van der Waals surface area contributed by atoms with E-state index in [0.717, 1.165) is 28.1 Å². The fraction of sp³-hybridized carbons (Fsp3) is 0.412. The first-order chi connectivity index (χ1) is 10.6. The van der Waals surface area contributed by atoms with E-state index in [1.54, 1.807) is 0 Å². The molecule has 2 aliphatic rings. The number of carbonyl (C=O) groups is 1. The van der Waals surface area contributed by atoms with Gasteiger partial charge in [0.25, 0.3) is 5.91 Å². The van der Waals surface area contributed by atoms with Crippen molar-refractivity contribution in [2.24, 2.45) is 16.9 Å². The Morgan fingerprint density at radius 1 is 1.41 bits per heavy atom. The Morgan fingerprint density at radius 2 is 2.27 bits per heavy atom. The quantitative estimate of drug-likeness (QED) is 0.791. The van der Waals surface area contributed by atoms with Crippen molar-refractivity contribution in [3.8, 4) is 0 Å². The zero-order chi connectivity index (χ0) is 15.3. The maximum absolute atomic E-state index is 12.4. The molecule has 22 heavy (non-hydrogen) atoms. The lowest BCUT2D eigenvalue weighted by Gasteiger charge is -2.11. The topological polar surface area (TPSA) is 41.5 Å².